The van der Waals surface area contributed by atoms with E-state index in [1.54, 1.807) is 6.07 Å². The van der Waals surface area contributed by atoms with E-state index in [2.05, 4.69) is 4.98 Å². The fraction of sp³-hybridized carbons (Fsp3) is 0.583. The van der Waals surface area contributed by atoms with Crippen molar-refractivity contribution < 1.29 is 13.2 Å². The Kier molecular flexibility index (Phi) is 3.12. The van der Waals surface area contributed by atoms with Crippen LogP contribution in [0.25, 0.3) is 0 Å². The highest BCUT2D eigenvalue weighted by atomic mass is 19.3. The van der Waals surface area contributed by atoms with Gasteiger partial charge < -0.3 is 5.73 Å². The molecule has 0 aliphatic heterocycles. The van der Waals surface area contributed by atoms with E-state index >= 15 is 0 Å². The smallest absolute Gasteiger partial charge is 0.248 e. The molecule has 0 unspecified atom stereocenters. The van der Waals surface area contributed by atoms with Gasteiger partial charge >= 0.3 is 0 Å². The van der Waals surface area contributed by atoms with Crippen molar-refractivity contribution in [3.05, 3.63) is 29.8 Å². The summed E-state index contributed by atoms with van der Waals surface area (Å²) >= 11 is 0. The van der Waals surface area contributed by atoms with Crippen LogP contribution in [0.1, 0.15) is 31.4 Å². The third kappa shape index (κ3) is 2.44. The van der Waals surface area contributed by atoms with Gasteiger partial charge in [0.2, 0.25) is 5.92 Å². The highest BCUT2D eigenvalue weighted by Crippen LogP contribution is 2.44. The first-order valence-corrected chi connectivity index (χ1v) is 5.67. The Hall–Kier alpha value is -1.10. The number of aromatic nitrogens is 1. The van der Waals surface area contributed by atoms with Gasteiger partial charge in [0.25, 0.3) is 0 Å². The monoisotopic (exact) mass is 244 g/mol. The van der Waals surface area contributed by atoms with Crippen molar-refractivity contribution in [1.29, 1.82) is 0 Å². The molecule has 0 bridgehead atoms. The summed E-state index contributed by atoms with van der Waals surface area (Å²) in [4.78, 5) is 3.99. The first-order chi connectivity index (χ1) is 7.97. The van der Waals surface area contributed by atoms with Gasteiger partial charge in [-0.15, -0.1) is 0 Å². The molecule has 1 aromatic rings. The number of alkyl halides is 2. The maximum Gasteiger partial charge on any atom is 0.248 e. The molecule has 2 N–H and O–H groups in total. The molecule has 1 aliphatic rings. The summed E-state index contributed by atoms with van der Waals surface area (Å²) < 4.78 is 39.1. The number of hydrogen-bond donors (Lipinski definition) is 1. The van der Waals surface area contributed by atoms with E-state index in [1.165, 1.54) is 6.07 Å². The normalized spacial score (nSPS) is 22.4. The minimum Gasteiger partial charge on any atom is -0.330 e. The molecular weight excluding hydrogens is 229 g/mol. The minimum absolute atomic E-state index is 0.177. The summed E-state index contributed by atoms with van der Waals surface area (Å²) in [5, 5.41) is 0. The average molecular weight is 244 g/mol. The fourth-order valence-corrected chi connectivity index (χ4v) is 2.35. The Morgan fingerprint density at radius 1 is 1.18 bits per heavy atom. The van der Waals surface area contributed by atoms with Crippen LogP contribution in [0.5, 0.6) is 0 Å². The molecular formula is C12H15F3N2. The van der Waals surface area contributed by atoms with Crippen molar-refractivity contribution in [1.82, 2.24) is 4.98 Å². The lowest BCUT2D eigenvalue weighted by atomic mass is 9.70. The molecule has 5 heteroatoms. The molecule has 1 aliphatic carbocycles. The van der Waals surface area contributed by atoms with Gasteiger partial charge in [-0.2, -0.15) is 0 Å². The number of hydrogen-bond acceptors (Lipinski definition) is 2. The molecule has 1 saturated carbocycles. The number of pyridine rings is 1. The van der Waals surface area contributed by atoms with Crippen LogP contribution < -0.4 is 5.73 Å². The van der Waals surface area contributed by atoms with Gasteiger partial charge in [-0.1, -0.05) is 0 Å². The molecule has 17 heavy (non-hydrogen) atoms. The quantitative estimate of drug-likeness (QED) is 0.868. The van der Waals surface area contributed by atoms with E-state index in [9.17, 15) is 13.2 Å². The highest BCUT2D eigenvalue weighted by molar-refractivity contribution is 5.20. The summed E-state index contributed by atoms with van der Waals surface area (Å²) in [5.74, 6) is -3.03. The Labute approximate surface area is 98.0 Å². The summed E-state index contributed by atoms with van der Waals surface area (Å²) in [7, 11) is 0. The number of rotatable bonds is 2. The Bertz CT molecular complexity index is 379. The van der Waals surface area contributed by atoms with E-state index in [4.69, 9.17) is 5.73 Å². The van der Waals surface area contributed by atoms with Crippen LogP contribution in [-0.4, -0.2) is 17.5 Å². The highest BCUT2D eigenvalue weighted by Gasteiger charge is 2.44. The van der Waals surface area contributed by atoms with Gasteiger partial charge in [0.05, 0.1) is 6.20 Å². The van der Waals surface area contributed by atoms with Crippen molar-refractivity contribution in [3.63, 3.8) is 0 Å². The van der Waals surface area contributed by atoms with Gasteiger partial charge in [0.1, 0.15) is 5.82 Å². The molecule has 0 amide bonds. The molecule has 0 aromatic carbocycles. The predicted molar refractivity (Wildman–Crippen MR) is 58.3 cm³/mol. The van der Waals surface area contributed by atoms with Crippen molar-refractivity contribution >= 4 is 0 Å². The lowest BCUT2D eigenvalue weighted by molar-refractivity contribution is -0.0514. The fourth-order valence-electron chi connectivity index (χ4n) is 2.35. The summed E-state index contributed by atoms with van der Waals surface area (Å²) in [6.07, 6.45) is 1.36. The second-order valence-corrected chi connectivity index (χ2v) is 4.70. The second kappa shape index (κ2) is 4.29. The molecule has 0 atom stereocenters. The summed E-state index contributed by atoms with van der Waals surface area (Å²) in [6, 6.07) is 2.85. The SMILES string of the molecule is NCC1(c2ccc(F)cn2)CCC(F)(F)CC1. The molecule has 2 nitrogen and oxygen atoms in total. The Morgan fingerprint density at radius 3 is 2.29 bits per heavy atom. The zero-order valence-corrected chi connectivity index (χ0v) is 9.43. The van der Waals surface area contributed by atoms with Gasteiger partial charge in [0.15, 0.2) is 0 Å². The van der Waals surface area contributed by atoms with Gasteiger partial charge in [0, 0.05) is 30.5 Å². The predicted octanol–water partition coefficient (Wildman–Crippen LogP) is 2.63. The van der Waals surface area contributed by atoms with Gasteiger partial charge in [-0.25, -0.2) is 13.2 Å². The molecule has 1 heterocycles. The van der Waals surface area contributed by atoms with E-state index in [0.717, 1.165) is 6.20 Å². The molecule has 0 spiro atoms. The molecule has 0 saturated heterocycles. The van der Waals surface area contributed by atoms with E-state index in [1.807, 2.05) is 0 Å². The standard InChI is InChI=1S/C12H15F3N2/c13-9-1-2-10(17-7-9)11(8-16)3-5-12(14,15)6-4-11/h1-2,7H,3-6,8,16H2. The molecule has 94 valence electrons. The van der Waals surface area contributed by atoms with E-state index in [0.29, 0.717) is 18.5 Å². The Morgan fingerprint density at radius 2 is 1.82 bits per heavy atom. The second-order valence-electron chi connectivity index (χ2n) is 4.70. The van der Waals surface area contributed by atoms with Crippen LogP contribution in [0.3, 0.4) is 0 Å². The first-order valence-electron chi connectivity index (χ1n) is 5.67. The molecule has 1 aromatic heterocycles. The lowest BCUT2D eigenvalue weighted by Gasteiger charge is -2.38. The molecule has 2 rings (SSSR count). The lowest BCUT2D eigenvalue weighted by Crippen LogP contribution is -2.42. The minimum atomic E-state index is -2.60. The van der Waals surface area contributed by atoms with Gasteiger partial charge in [-0.3, -0.25) is 4.98 Å². The maximum absolute atomic E-state index is 13.1. The maximum atomic E-state index is 13.1. The third-order valence-electron chi connectivity index (χ3n) is 3.60. The summed E-state index contributed by atoms with van der Waals surface area (Å²) in [5.41, 5.74) is 5.82. The first kappa shape index (κ1) is 12.4. The number of nitrogens with two attached hydrogens (primary N) is 1. The molecule has 1 fully saturated rings. The number of nitrogens with zero attached hydrogens (tertiary/aromatic N) is 1. The van der Waals surface area contributed by atoms with Crippen LogP contribution in [-0.2, 0) is 5.41 Å². The van der Waals surface area contributed by atoms with E-state index in [-0.39, 0.29) is 19.4 Å². The zero-order valence-electron chi connectivity index (χ0n) is 9.43. The average Bonchev–Trinajstić information content (AvgIpc) is 2.31. The Balaban J connectivity index is 2.24. The van der Waals surface area contributed by atoms with Crippen LogP contribution >= 0.6 is 0 Å². The van der Waals surface area contributed by atoms with E-state index < -0.39 is 17.2 Å². The van der Waals surface area contributed by atoms with Gasteiger partial charge in [-0.05, 0) is 25.0 Å². The van der Waals surface area contributed by atoms with Crippen molar-refractivity contribution in [2.24, 2.45) is 5.73 Å². The number of halogens is 3. The van der Waals surface area contributed by atoms with Crippen LogP contribution in [0.15, 0.2) is 18.3 Å². The summed E-state index contributed by atoms with van der Waals surface area (Å²) in [6.45, 7) is 0.266. The van der Waals surface area contributed by atoms with Crippen LogP contribution in [0.4, 0.5) is 13.2 Å². The largest absolute Gasteiger partial charge is 0.330 e. The third-order valence-corrected chi connectivity index (χ3v) is 3.60. The van der Waals surface area contributed by atoms with Crippen LogP contribution in [0.2, 0.25) is 0 Å². The topological polar surface area (TPSA) is 38.9 Å². The zero-order chi connectivity index (χ0) is 12.5. The van der Waals surface area contributed by atoms with Crippen molar-refractivity contribution in [2.45, 2.75) is 37.0 Å². The van der Waals surface area contributed by atoms with Crippen molar-refractivity contribution in [2.75, 3.05) is 6.54 Å². The van der Waals surface area contributed by atoms with Crippen molar-refractivity contribution in [3.8, 4) is 0 Å². The van der Waals surface area contributed by atoms with Crippen LogP contribution in [0, 0.1) is 5.82 Å². The molecule has 0 radical (unpaired) electrons.